The topological polar surface area (TPSA) is 64.7 Å². The second-order valence-corrected chi connectivity index (χ2v) is 6.89. The van der Waals surface area contributed by atoms with E-state index in [9.17, 15) is 0 Å². The van der Waals surface area contributed by atoms with Crippen molar-refractivity contribution in [2.75, 3.05) is 0 Å². The van der Waals surface area contributed by atoms with Gasteiger partial charge in [0.2, 0.25) is 0 Å². The van der Waals surface area contributed by atoms with Gasteiger partial charge in [-0.2, -0.15) is 0 Å². The number of aromatic nitrogens is 3. The minimum atomic E-state index is 0.154. The molecule has 0 saturated carbocycles. The first-order valence-electron chi connectivity index (χ1n) is 6.84. The molecule has 0 spiro atoms. The predicted molar refractivity (Wildman–Crippen MR) is 87.7 cm³/mol. The lowest BCUT2D eigenvalue weighted by Gasteiger charge is -2.13. The maximum absolute atomic E-state index is 6.13. The zero-order chi connectivity index (χ0) is 14.7. The second kappa shape index (κ2) is 6.51. The molecule has 0 aliphatic heterocycles. The summed E-state index contributed by atoms with van der Waals surface area (Å²) in [6.45, 7) is 2.11. The lowest BCUT2D eigenvalue weighted by molar-refractivity contribution is 0.638. The summed E-state index contributed by atoms with van der Waals surface area (Å²) < 4.78 is 0.907. The van der Waals surface area contributed by atoms with Crippen molar-refractivity contribution in [1.82, 2.24) is 15.2 Å². The quantitative estimate of drug-likeness (QED) is 0.780. The van der Waals surface area contributed by atoms with Gasteiger partial charge in [-0.1, -0.05) is 36.5 Å². The maximum atomic E-state index is 6.13. The van der Waals surface area contributed by atoms with E-state index in [0.717, 1.165) is 33.1 Å². The van der Waals surface area contributed by atoms with Gasteiger partial charge in [0.05, 0.1) is 5.52 Å². The molecule has 3 rings (SSSR count). The lowest BCUT2D eigenvalue weighted by Crippen LogP contribution is -2.21. The molecule has 1 atom stereocenters. The average Bonchev–Trinajstić information content (AvgIpc) is 3.00. The van der Waals surface area contributed by atoms with E-state index in [1.807, 2.05) is 18.2 Å². The largest absolute Gasteiger partial charge is 0.327 e. The maximum Gasteiger partial charge on any atom is 0.180 e. The van der Waals surface area contributed by atoms with Crippen LogP contribution in [0.2, 0.25) is 0 Å². The third kappa shape index (κ3) is 3.40. The summed E-state index contributed by atoms with van der Waals surface area (Å²) in [6.07, 6.45) is 1.78. The van der Waals surface area contributed by atoms with E-state index in [1.54, 1.807) is 17.3 Å². The van der Waals surface area contributed by atoms with Gasteiger partial charge >= 0.3 is 0 Å². The zero-order valence-electron chi connectivity index (χ0n) is 11.7. The monoisotopic (exact) mass is 316 g/mol. The highest BCUT2D eigenvalue weighted by molar-refractivity contribution is 8.01. The van der Waals surface area contributed by atoms with E-state index in [2.05, 4.69) is 29.3 Å². The lowest BCUT2D eigenvalue weighted by atomic mass is 10.0. The Balaban J connectivity index is 2.03. The van der Waals surface area contributed by atoms with Crippen molar-refractivity contribution < 1.29 is 0 Å². The first-order chi connectivity index (χ1) is 10.3. The van der Waals surface area contributed by atoms with E-state index in [0.29, 0.717) is 0 Å². The minimum Gasteiger partial charge on any atom is -0.327 e. The predicted octanol–water partition coefficient (Wildman–Crippen LogP) is 3.52. The van der Waals surface area contributed by atoms with Crippen LogP contribution in [-0.4, -0.2) is 21.2 Å². The third-order valence-electron chi connectivity index (χ3n) is 3.29. The fourth-order valence-electron chi connectivity index (χ4n) is 2.09. The Bertz CT molecular complexity index is 728. The van der Waals surface area contributed by atoms with E-state index in [-0.39, 0.29) is 6.04 Å². The SMILES string of the molecule is CCC(N)Cc1cc2ccccc2nc1Sc1nncs1. The molecule has 0 aliphatic carbocycles. The highest BCUT2D eigenvalue weighted by atomic mass is 32.2. The molecule has 1 aromatic carbocycles. The van der Waals surface area contributed by atoms with Gasteiger partial charge in [-0.3, -0.25) is 0 Å². The molecule has 4 nitrogen and oxygen atoms in total. The number of fused-ring (bicyclic) bond motifs is 1. The summed E-state index contributed by atoms with van der Waals surface area (Å²) in [6, 6.07) is 10.5. The molecule has 0 fully saturated rings. The molecule has 2 heterocycles. The Morgan fingerprint density at radius 3 is 2.95 bits per heavy atom. The van der Waals surface area contributed by atoms with Crippen LogP contribution in [0, 0.1) is 0 Å². The van der Waals surface area contributed by atoms with E-state index in [1.165, 1.54) is 16.9 Å². The molecular weight excluding hydrogens is 300 g/mol. The van der Waals surface area contributed by atoms with Crippen molar-refractivity contribution in [2.24, 2.45) is 5.73 Å². The summed E-state index contributed by atoms with van der Waals surface area (Å²) in [5.74, 6) is 0. The van der Waals surface area contributed by atoms with Crippen LogP contribution in [-0.2, 0) is 6.42 Å². The van der Waals surface area contributed by atoms with Crippen LogP contribution in [0.25, 0.3) is 10.9 Å². The molecular formula is C15H16N4S2. The minimum absolute atomic E-state index is 0.154. The van der Waals surface area contributed by atoms with Gasteiger partial charge < -0.3 is 5.73 Å². The molecule has 3 aromatic rings. The van der Waals surface area contributed by atoms with Crippen molar-refractivity contribution >= 4 is 34.0 Å². The van der Waals surface area contributed by atoms with E-state index in [4.69, 9.17) is 10.7 Å². The number of para-hydroxylation sites is 1. The van der Waals surface area contributed by atoms with Crippen LogP contribution < -0.4 is 5.73 Å². The van der Waals surface area contributed by atoms with Crippen molar-refractivity contribution in [3.8, 4) is 0 Å². The van der Waals surface area contributed by atoms with Crippen molar-refractivity contribution in [1.29, 1.82) is 0 Å². The number of benzene rings is 1. The van der Waals surface area contributed by atoms with Crippen LogP contribution >= 0.6 is 23.1 Å². The van der Waals surface area contributed by atoms with Crippen molar-refractivity contribution in [2.45, 2.75) is 35.2 Å². The summed E-state index contributed by atoms with van der Waals surface area (Å²) >= 11 is 3.09. The molecule has 2 aromatic heterocycles. The van der Waals surface area contributed by atoms with Gasteiger partial charge in [-0.15, -0.1) is 10.2 Å². The van der Waals surface area contributed by atoms with Gasteiger partial charge in [0, 0.05) is 11.4 Å². The van der Waals surface area contributed by atoms with E-state index < -0.39 is 0 Å². The molecule has 108 valence electrons. The first-order valence-corrected chi connectivity index (χ1v) is 8.54. The fourth-order valence-corrected chi connectivity index (χ4v) is 3.60. The second-order valence-electron chi connectivity index (χ2n) is 4.82. The first kappa shape index (κ1) is 14.4. The summed E-state index contributed by atoms with van der Waals surface area (Å²) in [5.41, 5.74) is 10.0. The number of rotatable bonds is 5. The number of nitrogens with two attached hydrogens (primary N) is 1. The van der Waals surface area contributed by atoms with Crippen LogP contribution in [0.4, 0.5) is 0 Å². The van der Waals surface area contributed by atoms with Crippen LogP contribution in [0.5, 0.6) is 0 Å². The summed E-state index contributed by atoms with van der Waals surface area (Å²) in [5, 5.41) is 10.1. The molecule has 0 radical (unpaired) electrons. The molecule has 0 amide bonds. The Kier molecular flexibility index (Phi) is 4.48. The Labute approximate surface area is 131 Å². The van der Waals surface area contributed by atoms with Crippen LogP contribution in [0.3, 0.4) is 0 Å². The molecule has 2 N–H and O–H groups in total. The number of hydrogen-bond donors (Lipinski definition) is 1. The smallest absolute Gasteiger partial charge is 0.180 e. The van der Waals surface area contributed by atoms with E-state index >= 15 is 0 Å². The average molecular weight is 316 g/mol. The van der Waals surface area contributed by atoms with Gasteiger partial charge in [-0.05, 0) is 42.3 Å². The fraction of sp³-hybridized carbons (Fsp3) is 0.267. The van der Waals surface area contributed by atoms with Gasteiger partial charge in [0.1, 0.15) is 10.5 Å². The third-order valence-corrected chi connectivity index (χ3v) is 5.12. The highest BCUT2D eigenvalue weighted by Gasteiger charge is 2.13. The normalized spacial score (nSPS) is 12.7. The Morgan fingerprint density at radius 2 is 2.19 bits per heavy atom. The highest BCUT2D eigenvalue weighted by Crippen LogP contribution is 2.32. The van der Waals surface area contributed by atoms with Crippen LogP contribution in [0.1, 0.15) is 18.9 Å². The molecule has 0 saturated heterocycles. The molecule has 1 unspecified atom stereocenters. The summed E-state index contributed by atoms with van der Waals surface area (Å²) in [4.78, 5) is 4.78. The molecule has 21 heavy (non-hydrogen) atoms. The van der Waals surface area contributed by atoms with Crippen molar-refractivity contribution in [3.05, 3.63) is 41.4 Å². The Morgan fingerprint density at radius 1 is 1.33 bits per heavy atom. The summed E-state index contributed by atoms with van der Waals surface area (Å²) in [7, 11) is 0. The van der Waals surface area contributed by atoms with Gasteiger partial charge in [0.15, 0.2) is 4.34 Å². The van der Waals surface area contributed by atoms with Crippen molar-refractivity contribution in [3.63, 3.8) is 0 Å². The standard InChI is InChI=1S/C15H16N4S2/c1-2-12(16)8-11-7-10-5-3-4-6-13(10)18-14(11)21-15-19-17-9-20-15/h3-7,9,12H,2,8,16H2,1H3. The van der Waals surface area contributed by atoms with Crippen LogP contribution in [0.15, 0.2) is 45.2 Å². The van der Waals surface area contributed by atoms with Gasteiger partial charge in [0.25, 0.3) is 0 Å². The molecule has 0 bridgehead atoms. The number of nitrogens with zero attached hydrogens (tertiary/aromatic N) is 3. The zero-order valence-corrected chi connectivity index (χ0v) is 13.3. The Hall–Kier alpha value is -1.50. The number of pyridine rings is 1. The molecule has 6 heteroatoms. The van der Waals surface area contributed by atoms with Gasteiger partial charge in [-0.25, -0.2) is 4.98 Å². The molecule has 0 aliphatic rings. The number of hydrogen-bond acceptors (Lipinski definition) is 6.